The van der Waals surface area contributed by atoms with Gasteiger partial charge in [0, 0.05) is 13.1 Å². The summed E-state index contributed by atoms with van der Waals surface area (Å²) in [5.74, 6) is 1.07. The lowest BCUT2D eigenvalue weighted by molar-refractivity contribution is 0.577. The Morgan fingerprint density at radius 1 is 1.24 bits per heavy atom. The molecule has 0 heterocycles. The molecule has 0 atom stereocenters. The second-order valence-electron chi connectivity index (χ2n) is 4.92. The van der Waals surface area contributed by atoms with E-state index in [9.17, 15) is 8.42 Å². The summed E-state index contributed by atoms with van der Waals surface area (Å²) in [7, 11) is -3.41. The molecule has 0 aliphatic carbocycles. The monoisotopic (exact) mass is 330 g/mol. The molecule has 4 nitrogen and oxygen atoms in total. The number of unbranched alkanes of at least 4 members (excludes halogenated alkanes) is 1. The van der Waals surface area contributed by atoms with E-state index >= 15 is 0 Å². The van der Waals surface area contributed by atoms with Crippen molar-refractivity contribution < 1.29 is 8.42 Å². The molecule has 1 rings (SSSR count). The maximum atomic E-state index is 12.4. The average Bonchev–Trinajstić information content (AvgIpc) is 2.45. The van der Waals surface area contributed by atoms with Gasteiger partial charge in [-0.3, -0.25) is 0 Å². The lowest BCUT2D eigenvalue weighted by Crippen LogP contribution is -2.26. The molecule has 0 fully saturated rings. The zero-order chi connectivity index (χ0) is 15.7. The Bertz CT molecular complexity index is 530. The van der Waals surface area contributed by atoms with Crippen molar-refractivity contribution in [3.63, 3.8) is 0 Å². The predicted octanol–water partition coefficient (Wildman–Crippen LogP) is 2.53. The third-order valence-electron chi connectivity index (χ3n) is 3.32. The van der Waals surface area contributed by atoms with Crippen LogP contribution in [0.1, 0.15) is 30.9 Å². The van der Waals surface area contributed by atoms with Crippen LogP contribution in [0.3, 0.4) is 0 Å². The SMILES string of the molecule is CCNCc1cccc(S(=O)(=O)NCCCCSC)c1C. The molecule has 0 aliphatic rings. The summed E-state index contributed by atoms with van der Waals surface area (Å²) in [6.07, 6.45) is 3.96. The van der Waals surface area contributed by atoms with Crippen molar-refractivity contribution >= 4 is 21.8 Å². The first kappa shape index (κ1) is 18.5. The highest BCUT2D eigenvalue weighted by atomic mass is 32.2. The fourth-order valence-electron chi connectivity index (χ4n) is 2.06. The fraction of sp³-hybridized carbons (Fsp3) is 0.600. The molecule has 0 radical (unpaired) electrons. The van der Waals surface area contributed by atoms with Crippen LogP contribution in [-0.2, 0) is 16.6 Å². The van der Waals surface area contributed by atoms with Crippen LogP contribution in [0.5, 0.6) is 0 Å². The van der Waals surface area contributed by atoms with Gasteiger partial charge in [-0.15, -0.1) is 0 Å². The maximum absolute atomic E-state index is 12.4. The number of sulfonamides is 1. The third-order valence-corrected chi connectivity index (χ3v) is 5.62. The number of benzene rings is 1. The summed E-state index contributed by atoms with van der Waals surface area (Å²) in [5, 5.41) is 3.23. The molecular weight excluding hydrogens is 304 g/mol. The summed E-state index contributed by atoms with van der Waals surface area (Å²) in [6, 6.07) is 5.45. The summed E-state index contributed by atoms with van der Waals surface area (Å²) in [4.78, 5) is 0.391. The molecular formula is C15H26N2O2S2. The highest BCUT2D eigenvalue weighted by molar-refractivity contribution is 7.98. The largest absolute Gasteiger partial charge is 0.313 e. The predicted molar refractivity (Wildman–Crippen MR) is 91.4 cm³/mol. The minimum Gasteiger partial charge on any atom is -0.313 e. The van der Waals surface area contributed by atoms with Crippen LogP contribution in [0.25, 0.3) is 0 Å². The third kappa shape index (κ3) is 5.98. The molecule has 120 valence electrons. The second-order valence-corrected chi connectivity index (χ2v) is 7.64. The molecule has 0 aromatic heterocycles. The van der Waals surface area contributed by atoms with E-state index in [1.54, 1.807) is 17.8 Å². The second kappa shape index (κ2) is 9.46. The molecule has 0 unspecified atom stereocenters. The van der Waals surface area contributed by atoms with Gasteiger partial charge in [0.2, 0.25) is 10.0 Å². The lowest BCUT2D eigenvalue weighted by Gasteiger charge is -2.13. The van der Waals surface area contributed by atoms with Crippen molar-refractivity contribution in [3.8, 4) is 0 Å². The summed E-state index contributed by atoms with van der Waals surface area (Å²) in [6.45, 7) is 5.96. The van der Waals surface area contributed by atoms with Crippen molar-refractivity contribution in [2.45, 2.75) is 38.1 Å². The maximum Gasteiger partial charge on any atom is 0.240 e. The van der Waals surface area contributed by atoms with Crippen molar-refractivity contribution in [1.82, 2.24) is 10.0 Å². The molecule has 1 aromatic carbocycles. The smallest absolute Gasteiger partial charge is 0.240 e. The molecule has 0 aliphatic heterocycles. The van der Waals surface area contributed by atoms with Crippen molar-refractivity contribution in [2.75, 3.05) is 25.1 Å². The summed E-state index contributed by atoms with van der Waals surface area (Å²) < 4.78 is 27.5. The van der Waals surface area contributed by atoms with Crippen molar-refractivity contribution in [2.24, 2.45) is 0 Å². The summed E-state index contributed by atoms with van der Waals surface area (Å²) >= 11 is 1.78. The van der Waals surface area contributed by atoms with E-state index in [1.165, 1.54) is 0 Å². The molecule has 0 bridgehead atoms. The molecule has 0 saturated heterocycles. The zero-order valence-corrected chi connectivity index (χ0v) is 14.7. The van der Waals surface area contributed by atoms with Crippen LogP contribution in [0.4, 0.5) is 0 Å². The fourth-order valence-corrected chi connectivity index (χ4v) is 3.91. The molecule has 0 spiro atoms. The van der Waals surface area contributed by atoms with E-state index in [0.717, 1.165) is 36.3 Å². The normalized spacial score (nSPS) is 11.8. The minimum absolute atomic E-state index is 0.391. The van der Waals surface area contributed by atoms with Crippen LogP contribution < -0.4 is 10.0 Å². The Balaban J connectivity index is 2.74. The van der Waals surface area contributed by atoms with Gasteiger partial charge in [0.05, 0.1) is 4.90 Å². The average molecular weight is 331 g/mol. The van der Waals surface area contributed by atoms with E-state index in [0.29, 0.717) is 18.0 Å². The van der Waals surface area contributed by atoms with Crippen LogP contribution >= 0.6 is 11.8 Å². The van der Waals surface area contributed by atoms with Gasteiger partial charge in [-0.05, 0) is 55.5 Å². The van der Waals surface area contributed by atoms with Crippen LogP contribution in [-0.4, -0.2) is 33.5 Å². The highest BCUT2D eigenvalue weighted by Crippen LogP contribution is 2.18. The quantitative estimate of drug-likeness (QED) is 0.647. The van der Waals surface area contributed by atoms with E-state index in [-0.39, 0.29) is 0 Å². The van der Waals surface area contributed by atoms with Gasteiger partial charge >= 0.3 is 0 Å². The van der Waals surface area contributed by atoms with Gasteiger partial charge in [0.25, 0.3) is 0 Å². The highest BCUT2D eigenvalue weighted by Gasteiger charge is 2.17. The molecule has 6 heteroatoms. The number of rotatable bonds is 10. The Morgan fingerprint density at radius 2 is 2.00 bits per heavy atom. The van der Waals surface area contributed by atoms with Crippen LogP contribution in [0.15, 0.2) is 23.1 Å². The van der Waals surface area contributed by atoms with E-state index in [1.807, 2.05) is 26.0 Å². The Kier molecular flexibility index (Phi) is 8.33. The molecule has 21 heavy (non-hydrogen) atoms. The van der Waals surface area contributed by atoms with Crippen LogP contribution in [0.2, 0.25) is 0 Å². The van der Waals surface area contributed by atoms with E-state index < -0.39 is 10.0 Å². The number of nitrogens with one attached hydrogen (secondary N) is 2. The Labute approximate surface area is 133 Å². The van der Waals surface area contributed by atoms with Crippen LogP contribution in [0, 0.1) is 6.92 Å². The van der Waals surface area contributed by atoms with Crippen molar-refractivity contribution in [3.05, 3.63) is 29.3 Å². The first-order valence-corrected chi connectivity index (χ1v) is 10.2. The lowest BCUT2D eigenvalue weighted by atomic mass is 10.1. The summed E-state index contributed by atoms with van der Waals surface area (Å²) in [5.41, 5.74) is 1.86. The van der Waals surface area contributed by atoms with Gasteiger partial charge in [-0.1, -0.05) is 19.1 Å². The number of hydrogen-bond donors (Lipinski definition) is 2. The van der Waals surface area contributed by atoms with Gasteiger partial charge in [-0.25, -0.2) is 13.1 Å². The standard InChI is InChI=1S/C15H26N2O2S2/c1-4-16-12-14-8-7-9-15(13(14)2)21(18,19)17-10-5-6-11-20-3/h7-9,16-17H,4-6,10-12H2,1-3H3. The first-order valence-electron chi connectivity index (χ1n) is 7.30. The van der Waals surface area contributed by atoms with Gasteiger partial charge in [0.15, 0.2) is 0 Å². The van der Waals surface area contributed by atoms with E-state index in [4.69, 9.17) is 0 Å². The van der Waals surface area contributed by atoms with Crippen molar-refractivity contribution in [1.29, 1.82) is 0 Å². The topological polar surface area (TPSA) is 58.2 Å². The molecule has 2 N–H and O–H groups in total. The van der Waals surface area contributed by atoms with Gasteiger partial charge in [-0.2, -0.15) is 11.8 Å². The first-order chi connectivity index (χ1) is 10.0. The minimum atomic E-state index is -3.41. The molecule has 0 saturated carbocycles. The van der Waals surface area contributed by atoms with Gasteiger partial charge < -0.3 is 5.32 Å². The Morgan fingerprint density at radius 3 is 2.67 bits per heavy atom. The number of hydrogen-bond acceptors (Lipinski definition) is 4. The number of thioether (sulfide) groups is 1. The molecule has 0 amide bonds. The zero-order valence-electron chi connectivity index (χ0n) is 13.1. The van der Waals surface area contributed by atoms with Gasteiger partial charge in [0.1, 0.15) is 0 Å². The Hall–Kier alpha value is -0.560. The van der Waals surface area contributed by atoms with E-state index in [2.05, 4.69) is 16.3 Å². The molecule has 1 aromatic rings.